The molecule has 0 radical (unpaired) electrons. The average molecular weight is 207 g/mol. The minimum atomic E-state index is 0.269. The van der Waals surface area contributed by atoms with Gasteiger partial charge in [-0.05, 0) is 42.5 Å². The van der Waals surface area contributed by atoms with Crippen LogP contribution in [0.3, 0.4) is 0 Å². The molecule has 1 unspecified atom stereocenters. The maximum Gasteiger partial charge on any atom is 0.119 e. The molecule has 1 heterocycles. The third-order valence-corrected chi connectivity index (χ3v) is 2.94. The van der Waals surface area contributed by atoms with Gasteiger partial charge in [0.05, 0.1) is 7.11 Å². The third-order valence-electron chi connectivity index (χ3n) is 2.94. The highest BCUT2D eigenvalue weighted by Crippen LogP contribution is 2.29. The fourth-order valence-electron chi connectivity index (χ4n) is 2.06. The van der Waals surface area contributed by atoms with E-state index in [1.807, 2.05) is 6.07 Å². The van der Waals surface area contributed by atoms with Crippen LogP contribution in [0.2, 0.25) is 0 Å². The SMILES string of the molecule is COc1ccc2c(c1)CC(CCO)CN2. The molecule has 0 saturated carbocycles. The van der Waals surface area contributed by atoms with E-state index in [0.717, 1.165) is 25.1 Å². The van der Waals surface area contributed by atoms with Crippen molar-refractivity contribution in [2.45, 2.75) is 12.8 Å². The predicted octanol–water partition coefficient (Wildman–Crippen LogP) is 1.66. The van der Waals surface area contributed by atoms with Gasteiger partial charge >= 0.3 is 0 Å². The van der Waals surface area contributed by atoms with Crippen molar-refractivity contribution in [1.29, 1.82) is 0 Å². The van der Waals surface area contributed by atoms with Gasteiger partial charge in [-0.3, -0.25) is 0 Å². The second-order valence-electron chi connectivity index (χ2n) is 3.99. The Labute approximate surface area is 90.1 Å². The Balaban J connectivity index is 2.16. The number of rotatable bonds is 3. The van der Waals surface area contributed by atoms with Gasteiger partial charge in [0.2, 0.25) is 0 Å². The van der Waals surface area contributed by atoms with Crippen LogP contribution in [0.4, 0.5) is 5.69 Å². The van der Waals surface area contributed by atoms with Gasteiger partial charge in [-0.2, -0.15) is 0 Å². The molecule has 15 heavy (non-hydrogen) atoms. The van der Waals surface area contributed by atoms with E-state index < -0.39 is 0 Å². The third kappa shape index (κ3) is 2.23. The van der Waals surface area contributed by atoms with E-state index in [0.29, 0.717) is 5.92 Å². The molecule has 1 aliphatic heterocycles. The number of anilines is 1. The molecule has 2 rings (SSSR count). The van der Waals surface area contributed by atoms with Crippen LogP contribution in [0.1, 0.15) is 12.0 Å². The number of nitrogens with one attached hydrogen (secondary N) is 1. The standard InChI is InChI=1S/C12H17NO2/c1-15-11-2-3-12-10(7-11)6-9(4-5-14)8-13-12/h2-3,7,9,13-14H,4-6,8H2,1H3. The molecule has 0 aliphatic carbocycles. The number of ether oxygens (including phenoxy) is 1. The zero-order valence-corrected chi connectivity index (χ0v) is 8.99. The van der Waals surface area contributed by atoms with Crippen LogP contribution in [-0.2, 0) is 6.42 Å². The highest BCUT2D eigenvalue weighted by Gasteiger charge is 2.17. The first-order valence-electron chi connectivity index (χ1n) is 5.35. The van der Waals surface area contributed by atoms with Gasteiger partial charge in [0, 0.05) is 18.8 Å². The summed E-state index contributed by atoms with van der Waals surface area (Å²) in [6, 6.07) is 6.10. The van der Waals surface area contributed by atoms with E-state index in [2.05, 4.69) is 17.4 Å². The number of aliphatic hydroxyl groups is 1. The van der Waals surface area contributed by atoms with Crippen molar-refractivity contribution in [3.05, 3.63) is 23.8 Å². The molecule has 1 atom stereocenters. The maximum atomic E-state index is 8.91. The summed E-state index contributed by atoms with van der Waals surface area (Å²) in [6.45, 7) is 1.23. The lowest BCUT2D eigenvalue weighted by Crippen LogP contribution is -2.23. The van der Waals surface area contributed by atoms with Crippen molar-refractivity contribution >= 4 is 5.69 Å². The summed E-state index contributed by atoms with van der Waals surface area (Å²) < 4.78 is 5.20. The van der Waals surface area contributed by atoms with Gasteiger partial charge in [-0.1, -0.05) is 0 Å². The molecule has 2 N–H and O–H groups in total. The largest absolute Gasteiger partial charge is 0.497 e. The Kier molecular flexibility index (Phi) is 3.11. The number of hydrogen-bond donors (Lipinski definition) is 2. The van der Waals surface area contributed by atoms with Gasteiger partial charge in [-0.25, -0.2) is 0 Å². The average Bonchev–Trinajstić information content (AvgIpc) is 2.28. The zero-order valence-electron chi connectivity index (χ0n) is 8.99. The monoisotopic (exact) mass is 207 g/mol. The maximum absolute atomic E-state index is 8.91. The van der Waals surface area contributed by atoms with Crippen LogP contribution in [0.25, 0.3) is 0 Å². The van der Waals surface area contributed by atoms with Gasteiger partial charge < -0.3 is 15.2 Å². The van der Waals surface area contributed by atoms with Gasteiger partial charge in [0.15, 0.2) is 0 Å². The Morgan fingerprint density at radius 3 is 3.13 bits per heavy atom. The second kappa shape index (κ2) is 4.53. The predicted molar refractivity (Wildman–Crippen MR) is 60.4 cm³/mol. The van der Waals surface area contributed by atoms with Crippen LogP contribution in [0.15, 0.2) is 18.2 Å². The van der Waals surface area contributed by atoms with Crippen molar-refractivity contribution < 1.29 is 9.84 Å². The summed E-state index contributed by atoms with van der Waals surface area (Å²) in [5, 5.41) is 12.3. The van der Waals surface area contributed by atoms with E-state index in [1.54, 1.807) is 7.11 Å². The van der Waals surface area contributed by atoms with Crippen molar-refractivity contribution in [2.24, 2.45) is 5.92 Å². The zero-order chi connectivity index (χ0) is 10.7. The summed E-state index contributed by atoms with van der Waals surface area (Å²) in [4.78, 5) is 0. The quantitative estimate of drug-likeness (QED) is 0.792. The molecule has 0 spiro atoms. The van der Waals surface area contributed by atoms with Crippen LogP contribution in [0, 0.1) is 5.92 Å². The van der Waals surface area contributed by atoms with Gasteiger partial charge in [0.1, 0.15) is 5.75 Å². The molecular weight excluding hydrogens is 190 g/mol. The number of hydrogen-bond acceptors (Lipinski definition) is 3. The van der Waals surface area contributed by atoms with E-state index in [-0.39, 0.29) is 6.61 Å². The summed E-state index contributed by atoms with van der Waals surface area (Å²) in [5.41, 5.74) is 2.49. The van der Waals surface area contributed by atoms with Gasteiger partial charge in [0.25, 0.3) is 0 Å². The first-order chi connectivity index (χ1) is 7.33. The smallest absolute Gasteiger partial charge is 0.119 e. The Morgan fingerprint density at radius 1 is 1.53 bits per heavy atom. The number of methoxy groups -OCH3 is 1. The Bertz CT molecular complexity index is 338. The fraction of sp³-hybridized carbons (Fsp3) is 0.500. The lowest BCUT2D eigenvalue weighted by Gasteiger charge is -2.26. The molecule has 1 aliphatic rings. The van der Waals surface area contributed by atoms with Crippen LogP contribution < -0.4 is 10.1 Å². The van der Waals surface area contributed by atoms with Crippen molar-refractivity contribution in [2.75, 3.05) is 25.6 Å². The summed E-state index contributed by atoms with van der Waals surface area (Å²) in [6.07, 6.45) is 1.89. The topological polar surface area (TPSA) is 41.5 Å². The lowest BCUT2D eigenvalue weighted by molar-refractivity contribution is 0.258. The van der Waals surface area contributed by atoms with Crippen LogP contribution in [-0.4, -0.2) is 25.4 Å². The molecule has 0 fully saturated rings. The Hall–Kier alpha value is -1.22. The molecule has 82 valence electrons. The molecular formula is C12H17NO2. The second-order valence-corrected chi connectivity index (χ2v) is 3.99. The van der Waals surface area contributed by atoms with Crippen LogP contribution >= 0.6 is 0 Å². The first-order valence-corrected chi connectivity index (χ1v) is 5.35. The first kappa shape index (κ1) is 10.3. The van der Waals surface area contributed by atoms with Crippen molar-refractivity contribution in [3.63, 3.8) is 0 Å². The summed E-state index contributed by atoms with van der Waals surface area (Å²) in [5.74, 6) is 1.44. The van der Waals surface area contributed by atoms with E-state index in [4.69, 9.17) is 9.84 Å². The number of fused-ring (bicyclic) bond motifs is 1. The molecule has 1 aromatic carbocycles. The molecule has 3 nitrogen and oxygen atoms in total. The summed E-state index contributed by atoms with van der Waals surface area (Å²) >= 11 is 0. The fourth-order valence-corrected chi connectivity index (χ4v) is 2.06. The molecule has 1 aromatic rings. The van der Waals surface area contributed by atoms with Crippen LogP contribution in [0.5, 0.6) is 5.75 Å². The lowest BCUT2D eigenvalue weighted by atomic mass is 9.92. The molecule has 0 bridgehead atoms. The number of benzene rings is 1. The normalized spacial score (nSPS) is 19.2. The molecule has 3 heteroatoms. The summed E-state index contributed by atoms with van der Waals surface area (Å²) in [7, 11) is 1.68. The molecule has 0 aromatic heterocycles. The van der Waals surface area contributed by atoms with E-state index in [9.17, 15) is 0 Å². The molecule has 0 saturated heterocycles. The number of aliphatic hydroxyl groups excluding tert-OH is 1. The van der Waals surface area contributed by atoms with Crippen molar-refractivity contribution in [3.8, 4) is 5.75 Å². The minimum absolute atomic E-state index is 0.269. The minimum Gasteiger partial charge on any atom is -0.497 e. The van der Waals surface area contributed by atoms with Gasteiger partial charge in [-0.15, -0.1) is 0 Å². The Morgan fingerprint density at radius 2 is 2.40 bits per heavy atom. The highest BCUT2D eigenvalue weighted by molar-refractivity contribution is 5.56. The van der Waals surface area contributed by atoms with E-state index >= 15 is 0 Å². The molecule has 0 amide bonds. The van der Waals surface area contributed by atoms with E-state index in [1.165, 1.54) is 11.3 Å². The van der Waals surface area contributed by atoms with Crippen molar-refractivity contribution in [1.82, 2.24) is 0 Å². The highest BCUT2D eigenvalue weighted by atomic mass is 16.5.